The van der Waals surface area contributed by atoms with Crippen LogP contribution < -0.4 is 10.0 Å². The first kappa shape index (κ1) is 21.2. The van der Waals surface area contributed by atoms with Crippen molar-refractivity contribution in [3.05, 3.63) is 89.1 Å². The number of para-hydroxylation sites is 1. The number of sulfonamides is 1. The molecule has 0 aliphatic heterocycles. The zero-order valence-corrected chi connectivity index (χ0v) is 19.1. The van der Waals surface area contributed by atoms with Crippen molar-refractivity contribution in [3.63, 3.8) is 0 Å². The summed E-state index contributed by atoms with van der Waals surface area (Å²) in [6.07, 6.45) is 0. The van der Waals surface area contributed by atoms with Crippen molar-refractivity contribution in [1.82, 2.24) is 10.1 Å². The van der Waals surface area contributed by atoms with E-state index in [9.17, 15) is 8.42 Å². The lowest BCUT2D eigenvalue weighted by molar-refractivity contribution is 0.400. The standard InChI is InChI=1S/C24H19ClN4O3S/c1-15-12-24(28-32-15)29-33(30,31)18-9-7-17(8-10-18)26-14-21-19-4-2-3-5-22(19)27-23-13-16(25)6-11-20(21)23/h2-13,26H,14H2,1H3,(H,28,29). The Labute approximate surface area is 195 Å². The van der Waals surface area contributed by atoms with E-state index >= 15 is 0 Å². The minimum absolute atomic E-state index is 0.128. The average molecular weight is 479 g/mol. The van der Waals surface area contributed by atoms with Gasteiger partial charge in [-0.25, -0.2) is 13.4 Å². The van der Waals surface area contributed by atoms with Crippen molar-refractivity contribution >= 4 is 54.9 Å². The highest BCUT2D eigenvalue weighted by atomic mass is 35.5. The average Bonchev–Trinajstić information content (AvgIpc) is 3.20. The molecule has 166 valence electrons. The number of aryl methyl sites for hydroxylation is 1. The van der Waals surface area contributed by atoms with E-state index in [0.717, 1.165) is 33.1 Å². The van der Waals surface area contributed by atoms with Crippen LogP contribution >= 0.6 is 11.6 Å². The van der Waals surface area contributed by atoms with E-state index in [1.165, 1.54) is 6.07 Å². The molecule has 3 aromatic carbocycles. The molecule has 5 aromatic rings. The van der Waals surface area contributed by atoms with E-state index in [0.29, 0.717) is 17.3 Å². The predicted molar refractivity (Wildman–Crippen MR) is 130 cm³/mol. The van der Waals surface area contributed by atoms with Gasteiger partial charge in [-0.05, 0) is 55.0 Å². The normalized spacial score (nSPS) is 11.7. The summed E-state index contributed by atoms with van der Waals surface area (Å²) < 4.78 is 32.5. The summed E-state index contributed by atoms with van der Waals surface area (Å²) in [5, 5.41) is 9.75. The SMILES string of the molecule is Cc1cc(NS(=O)(=O)c2ccc(NCc3c4ccccc4nc4cc(Cl)ccc34)cc2)no1. The van der Waals surface area contributed by atoms with Gasteiger partial charge < -0.3 is 9.84 Å². The molecular formula is C24H19ClN4O3S. The molecule has 0 fully saturated rings. The molecule has 9 heteroatoms. The van der Waals surface area contributed by atoms with Crippen LogP contribution in [0.25, 0.3) is 21.8 Å². The van der Waals surface area contributed by atoms with Crippen LogP contribution in [-0.4, -0.2) is 18.6 Å². The fourth-order valence-electron chi connectivity index (χ4n) is 3.70. The van der Waals surface area contributed by atoms with Crippen LogP contribution in [0.15, 0.2) is 82.2 Å². The number of hydrogen-bond acceptors (Lipinski definition) is 6. The third-order valence-electron chi connectivity index (χ3n) is 5.26. The lowest BCUT2D eigenvalue weighted by atomic mass is 10.0. The van der Waals surface area contributed by atoms with E-state index < -0.39 is 10.0 Å². The van der Waals surface area contributed by atoms with Crippen LogP contribution in [0.5, 0.6) is 0 Å². The van der Waals surface area contributed by atoms with E-state index in [1.807, 2.05) is 42.5 Å². The van der Waals surface area contributed by atoms with Crippen LogP contribution in [0, 0.1) is 6.92 Å². The van der Waals surface area contributed by atoms with Crippen molar-refractivity contribution in [2.24, 2.45) is 0 Å². The number of benzene rings is 3. The number of halogens is 1. The Morgan fingerprint density at radius 3 is 2.45 bits per heavy atom. The molecule has 0 saturated heterocycles. The topological polar surface area (TPSA) is 97.1 Å². The summed E-state index contributed by atoms with van der Waals surface area (Å²) in [5.74, 6) is 0.664. The van der Waals surface area contributed by atoms with Gasteiger partial charge in [-0.1, -0.05) is 41.0 Å². The van der Waals surface area contributed by atoms with E-state index in [4.69, 9.17) is 21.1 Å². The van der Waals surface area contributed by atoms with Gasteiger partial charge in [0, 0.05) is 34.1 Å². The fraction of sp³-hybridized carbons (Fsp3) is 0.0833. The van der Waals surface area contributed by atoms with Crippen molar-refractivity contribution in [3.8, 4) is 0 Å². The summed E-state index contributed by atoms with van der Waals surface area (Å²) in [4.78, 5) is 4.86. The highest BCUT2D eigenvalue weighted by Gasteiger charge is 2.16. The Morgan fingerprint density at radius 1 is 0.939 bits per heavy atom. The zero-order valence-electron chi connectivity index (χ0n) is 17.5. The highest BCUT2D eigenvalue weighted by molar-refractivity contribution is 7.92. The maximum Gasteiger partial charge on any atom is 0.263 e. The van der Waals surface area contributed by atoms with Crippen LogP contribution in [0.2, 0.25) is 5.02 Å². The quantitative estimate of drug-likeness (QED) is 0.301. The summed E-state index contributed by atoms with van der Waals surface area (Å²) >= 11 is 6.18. The van der Waals surface area contributed by atoms with Crippen molar-refractivity contribution in [2.75, 3.05) is 10.0 Å². The van der Waals surface area contributed by atoms with Gasteiger partial charge >= 0.3 is 0 Å². The fourth-order valence-corrected chi connectivity index (χ4v) is 4.85. The van der Waals surface area contributed by atoms with Crippen LogP contribution in [0.1, 0.15) is 11.3 Å². The molecule has 0 amide bonds. The first-order valence-corrected chi connectivity index (χ1v) is 12.0. The van der Waals surface area contributed by atoms with Gasteiger partial charge in [-0.15, -0.1) is 0 Å². The molecule has 0 radical (unpaired) electrons. The Kier molecular flexibility index (Phi) is 5.39. The molecule has 2 N–H and O–H groups in total. The number of pyridine rings is 1. The minimum atomic E-state index is -3.77. The maximum absolute atomic E-state index is 12.6. The van der Waals surface area contributed by atoms with Gasteiger partial charge in [-0.3, -0.25) is 4.72 Å². The van der Waals surface area contributed by atoms with Gasteiger partial charge in [0.2, 0.25) is 0 Å². The number of fused-ring (bicyclic) bond motifs is 2. The van der Waals surface area contributed by atoms with Crippen molar-refractivity contribution < 1.29 is 12.9 Å². The van der Waals surface area contributed by atoms with Crippen molar-refractivity contribution in [1.29, 1.82) is 0 Å². The molecular weight excluding hydrogens is 460 g/mol. The van der Waals surface area contributed by atoms with Gasteiger partial charge in [0.15, 0.2) is 5.82 Å². The minimum Gasteiger partial charge on any atom is -0.381 e. The summed E-state index contributed by atoms with van der Waals surface area (Å²) in [5.41, 5.74) is 3.59. The predicted octanol–water partition coefficient (Wildman–Crippen LogP) is 5.75. The number of hydrogen-bond donors (Lipinski definition) is 2. The molecule has 0 spiro atoms. The first-order valence-electron chi connectivity index (χ1n) is 10.2. The summed E-state index contributed by atoms with van der Waals surface area (Å²) in [6, 6.07) is 21.7. The van der Waals surface area contributed by atoms with E-state index in [2.05, 4.69) is 15.2 Å². The molecule has 0 saturated carbocycles. The smallest absolute Gasteiger partial charge is 0.263 e. The Hall–Kier alpha value is -3.62. The molecule has 33 heavy (non-hydrogen) atoms. The monoisotopic (exact) mass is 478 g/mol. The lowest BCUT2D eigenvalue weighted by Gasteiger charge is -2.13. The summed E-state index contributed by atoms with van der Waals surface area (Å²) in [6.45, 7) is 2.22. The van der Waals surface area contributed by atoms with Gasteiger partial charge in [0.25, 0.3) is 10.0 Å². The second-order valence-corrected chi connectivity index (χ2v) is 9.69. The van der Waals surface area contributed by atoms with Gasteiger partial charge in [0.1, 0.15) is 5.76 Å². The molecule has 2 aromatic heterocycles. The largest absolute Gasteiger partial charge is 0.381 e. The van der Waals surface area contributed by atoms with Crippen LogP contribution in [0.3, 0.4) is 0 Å². The third-order valence-corrected chi connectivity index (χ3v) is 6.86. The van der Waals surface area contributed by atoms with Crippen molar-refractivity contribution in [2.45, 2.75) is 18.4 Å². The number of nitrogens with zero attached hydrogens (tertiary/aromatic N) is 2. The molecule has 0 unspecified atom stereocenters. The van der Waals surface area contributed by atoms with Crippen LogP contribution in [-0.2, 0) is 16.6 Å². The third kappa shape index (κ3) is 4.35. The number of nitrogens with one attached hydrogen (secondary N) is 2. The molecule has 0 aliphatic carbocycles. The van der Waals surface area contributed by atoms with Gasteiger partial charge in [0.05, 0.1) is 15.9 Å². The molecule has 0 bridgehead atoms. The lowest BCUT2D eigenvalue weighted by Crippen LogP contribution is -2.13. The second-order valence-electron chi connectivity index (χ2n) is 7.58. The van der Waals surface area contributed by atoms with E-state index in [-0.39, 0.29) is 10.7 Å². The number of aromatic nitrogens is 2. The molecule has 5 rings (SSSR count). The molecule has 2 heterocycles. The molecule has 0 aliphatic rings. The maximum atomic E-state index is 12.6. The van der Waals surface area contributed by atoms with Crippen LogP contribution in [0.4, 0.5) is 11.5 Å². The second kappa shape index (κ2) is 8.38. The summed E-state index contributed by atoms with van der Waals surface area (Å²) in [7, 11) is -3.77. The molecule has 0 atom stereocenters. The number of anilines is 2. The van der Waals surface area contributed by atoms with E-state index in [1.54, 1.807) is 31.2 Å². The zero-order chi connectivity index (χ0) is 23.0. The Balaban J connectivity index is 1.40. The molecule has 7 nitrogen and oxygen atoms in total. The Bertz CT molecular complexity index is 1580. The van der Waals surface area contributed by atoms with Gasteiger partial charge in [-0.2, -0.15) is 0 Å². The first-order chi connectivity index (χ1) is 15.9. The Morgan fingerprint density at radius 2 is 1.70 bits per heavy atom. The number of rotatable bonds is 6. The highest BCUT2D eigenvalue weighted by Crippen LogP contribution is 2.29.